The Balaban J connectivity index is -0.000000320. The molecule has 0 aromatic rings. The molecule has 0 amide bonds. The molecule has 0 aromatic carbocycles. The van der Waals surface area contributed by atoms with Gasteiger partial charge in [-0.05, 0) is 0 Å². The molecule has 0 aliphatic heterocycles. The quantitative estimate of drug-likeness (QED) is 0.316. The Hall–Kier alpha value is 3.86. The van der Waals surface area contributed by atoms with Crippen molar-refractivity contribution in [3.63, 3.8) is 0 Å². The summed E-state index contributed by atoms with van der Waals surface area (Å²) in [5.41, 5.74) is 0. The van der Waals surface area contributed by atoms with Gasteiger partial charge >= 0.3 is 84.3 Å². The van der Waals surface area contributed by atoms with Crippen LogP contribution >= 0.6 is 69.6 Å². The van der Waals surface area contributed by atoms with Crippen molar-refractivity contribution in [1.29, 1.82) is 0 Å². The summed E-state index contributed by atoms with van der Waals surface area (Å²) in [6.07, 6.45) is 0. The SMILES string of the molecule is Cl[C@H]1[C@H](Cl)[C@@H](Cl)[C@@H](Cl)[C@H](Cl)[C@H]1Cl.F.[KH].[OH][Ti]([OH])([OH])[OH]. The zero-order chi connectivity index (χ0) is 14.0. The van der Waals surface area contributed by atoms with Crippen LogP contribution in [-0.2, 0) is 18.1 Å². The fraction of sp³-hybridized carbons (Fsp3) is 1.00. The van der Waals surface area contributed by atoms with Crippen LogP contribution in [0.3, 0.4) is 0 Å². The average Bonchev–Trinajstić information content (AvgIpc) is 2.18. The van der Waals surface area contributed by atoms with E-state index >= 15 is 0 Å². The molecule has 1 saturated carbocycles. The van der Waals surface area contributed by atoms with Gasteiger partial charge in [0.05, 0.1) is 32.3 Å². The molecule has 0 bridgehead atoms. The Morgan fingerprint density at radius 1 is 0.526 bits per heavy atom. The van der Waals surface area contributed by atoms with E-state index in [1.807, 2.05) is 0 Å². The Morgan fingerprint density at radius 3 is 0.632 bits per heavy atom. The van der Waals surface area contributed by atoms with Gasteiger partial charge in [-0.15, -0.1) is 69.6 Å². The summed E-state index contributed by atoms with van der Waals surface area (Å²) in [5.74, 6) is 0. The van der Waals surface area contributed by atoms with Crippen LogP contribution < -0.4 is 0 Å². The summed E-state index contributed by atoms with van der Waals surface area (Å²) in [5, 5.41) is -2.62. The molecule has 4 N–H and O–H groups in total. The molecule has 0 saturated heterocycles. The number of rotatable bonds is 0. The van der Waals surface area contributed by atoms with Crippen LogP contribution in [0.25, 0.3) is 0 Å². The Kier molecular flexibility index (Phi) is 17.9. The van der Waals surface area contributed by atoms with Crippen molar-refractivity contribution in [2.45, 2.75) is 32.3 Å². The zero-order valence-electron chi connectivity index (χ0n) is 8.43. The number of hydrogen-bond acceptors (Lipinski definition) is 4. The Morgan fingerprint density at radius 2 is 0.579 bits per heavy atom. The van der Waals surface area contributed by atoms with Gasteiger partial charge in [0.15, 0.2) is 0 Å². The van der Waals surface area contributed by atoms with E-state index in [1.54, 1.807) is 0 Å². The average molecular weight is 467 g/mol. The second-order valence-corrected chi connectivity index (χ2v) is 8.16. The molecule has 1 aliphatic rings. The van der Waals surface area contributed by atoms with E-state index in [9.17, 15) is 0 Å². The van der Waals surface area contributed by atoms with Crippen molar-refractivity contribution < 1.29 is 37.6 Å². The van der Waals surface area contributed by atoms with Gasteiger partial charge in [0.1, 0.15) is 0 Å². The van der Waals surface area contributed by atoms with Crippen LogP contribution in [-0.4, -0.2) is 98.4 Å². The van der Waals surface area contributed by atoms with E-state index in [-0.39, 0.29) is 56.1 Å². The molecule has 0 unspecified atom stereocenters. The fourth-order valence-electron chi connectivity index (χ4n) is 1.05. The van der Waals surface area contributed by atoms with E-state index in [2.05, 4.69) is 0 Å². The monoisotopic (exact) mass is 464 g/mol. The normalized spacial score (nSPS) is 38.2. The minimum atomic E-state index is -5.00. The zero-order valence-corrected chi connectivity index (χ0v) is 14.5. The first kappa shape index (κ1) is 27.7. The summed E-state index contributed by atoms with van der Waals surface area (Å²) in [7, 11) is 0. The summed E-state index contributed by atoms with van der Waals surface area (Å²) in [6, 6.07) is 0. The fourth-order valence-corrected chi connectivity index (χ4v) is 3.38. The standard InChI is InChI=1S/C6H6Cl6.FH.K.4H2O.Ti.H/c7-1-2(8)4(10)6(12)5(11)3(1)9;;;;;;;;/h1-6H;1H;;4*1H2;;/q;;;;;;;+4;/p-4/t1-,2-,3-,4+,5+,6+;;;;;;;;. The third-order valence-corrected chi connectivity index (χ3v) is 5.86. The summed E-state index contributed by atoms with van der Waals surface area (Å²) in [6.45, 7) is 0. The third kappa shape index (κ3) is 11.1. The van der Waals surface area contributed by atoms with Crippen molar-refractivity contribution >= 4 is 121 Å². The van der Waals surface area contributed by atoms with Crippen LogP contribution in [0.2, 0.25) is 0 Å². The minimum absolute atomic E-state index is 0. The molecule has 19 heavy (non-hydrogen) atoms. The number of hydrogen-bond donors (Lipinski definition) is 4. The van der Waals surface area contributed by atoms with E-state index < -0.39 is 50.4 Å². The van der Waals surface area contributed by atoms with Crippen LogP contribution in [0.4, 0.5) is 4.70 Å². The molecule has 1 fully saturated rings. The molecule has 0 spiro atoms. The topological polar surface area (TPSA) is 80.9 Å². The predicted octanol–water partition coefficient (Wildman–Crippen LogP) is 0.918. The van der Waals surface area contributed by atoms with Gasteiger partial charge in [-0.1, -0.05) is 0 Å². The second kappa shape index (κ2) is 12.3. The Bertz CT molecular complexity index is 188. The van der Waals surface area contributed by atoms with Crippen molar-refractivity contribution in [1.82, 2.24) is 0 Å². The van der Waals surface area contributed by atoms with E-state index in [1.165, 1.54) is 0 Å². The molecule has 114 valence electrons. The molecule has 0 aromatic heterocycles. The van der Waals surface area contributed by atoms with Gasteiger partial charge in [0.2, 0.25) is 0 Å². The van der Waals surface area contributed by atoms with Crippen LogP contribution in [0.5, 0.6) is 0 Å². The van der Waals surface area contributed by atoms with Crippen LogP contribution in [0.1, 0.15) is 0 Å². The van der Waals surface area contributed by atoms with Gasteiger partial charge < -0.3 is 0 Å². The molecule has 4 nitrogen and oxygen atoms in total. The molecule has 1 rings (SSSR count). The predicted molar refractivity (Wildman–Crippen MR) is 76.4 cm³/mol. The van der Waals surface area contributed by atoms with Crippen LogP contribution in [0, 0.1) is 0 Å². The number of halogens is 7. The summed E-state index contributed by atoms with van der Waals surface area (Å²) in [4.78, 5) is 0. The molecule has 0 heterocycles. The van der Waals surface area contributed by atoms with Gasteiger partial charge in [0.25, 0.3) is 0 Å². The molecular formula is C6H12Cl6FKO4Ti. The first-order chi connectivity index (χ1) is 7.46. The summed E-state index contributed by atoms with van der Waals surface area (Å²) >= 11 is 30.3. The van der Waals surface area contributed by atoms with E-state index in [0.29, 0.717) is 0 Å². The van der Waals surface area contributed by atoms with Crippen molar-refractivity contribution in [2.24, 2.45) is 0 Å². The van der Waals surface area contributed by atoms with Crippen molar-refractivity contribution in [3.05, 3.63) is 0 Å². The van der Waals surface area contributed by atoms with E-state index in [4.69, 9.17) is 84.4 Å². The third-order valence-electron chi connectivity index (χ3n) is 1.83. The number of alkyl halides is 6. The molecule has 0 radical (unpaired) electrons. The second-order valence-electron chi connectivity index (χ2n) is 3.27. The Labute approximate surface area is 187 Å². The maximum absolute atomic E-state index is 7.38. The maximum atomic E-state index is 7.38. The van der Waals surface area contributed by atoms with Gasteiger partial charge in [-0.2, -0.15) is 0 Å². The first-order valence-electron chi connectivity index (χ1n) is 4.20. The van der Waals surface area contributed by atoms with Crippen molar-refractivity contribution in [3.8, 4) is 0 Å². The molecule has 13 heteroatoms. The van der Waals surface area contributed by atoms with Gasteiger partial charge in [-0.3, -0.25) is 4.70 Å². The molecule has 1 aliphatic carbocycles. The van der Waals surface area contributed by atoms with E-state index in [0.717, 1.165) is 0 Å². The molecular weight excluding hydrogens is 455 g/mol. The van der Waals surface area contributed by atoms with Crippen molar-refractivity contribution in [2.75, 3.05) is 0 Å². The van der Waals surface area contributed by atoms with Gasteiger partial charge in [-0.25, -0.2) is 0 Å². The van der Waals surface area contributed by atoms with Crippen LogP contribution in [0.15, 0.2) is 0 Å². The summed E-state index contributed by atoms with van der Waals surface area (Å²) < 4.78 is 29.5. The van der Waals surface area contributed by atoms with Gasteiger partial charge in [0, 0.05) is 0 Å². The first-order valence-corrected chi connectivity index (χ1v) is 9.62. The molecule has 0 atom stereocenters.